The fraction of sp³-hybridized carbons (Fsp3) is 0.600. The number of aliphatic hydroxyl groups excluding tert-OH is 1. The molecule has 1 rings (SSSR count). The number of halogens is 1. The molecule has 2 unspecified atom stereocenters. The van der Waals surface area contributed by atoms with Gasteiger partial charge in [0.2, 0.25) is 0 Å². The molecule has 3 nitrogen and oxygen atoms in total. The molecule has 0 aliphatic heterocycles. The zero-order valence-corrected chi connectivity index (χ0v) is 12.2. The van der Waals surface area contributed by atoms with Crippen LogP contribution in [0.3, 0.4) is 0 Å². The van der Waals surface area contributed by atoms with Crippen molar-refractivity contribution in [3.63, 3.8) is 0 Å². The van der Waals surface area contributed by atoms with Gasteiger partial charge in [0.15, 0.2) is 0 Å². The standard InChI is InChI=1S/C15H24FNO2/c1-5-11(2)17(8-9-19-4)15-7-6-13(12(3)18)10-14(15)16/h6-7,10-12,18H,5,8-9H2,1-4H3. The maximum Gasteiger partial charge on any atom is 0.146 e. The summed E-state index contributed by atoms with van der Waals surface area (Å²) in [5.41, 5.74) is 1.16. The predicted molar refractivity (Wildman–Crippen MR) is 76.0 cm³/mol. The van der Waals surface area contributed by atoms with Gasteiger partial charge in [-0.2, -0.15) is 0 Å². The normalized spacial score (nSPS) is 14.2. The van der Waals surface area contributed by atoms with Crippen LogP contribution in [0.4, 0.5) is 10.1 Å². The molecule has 1 aromatic rings. The summed E-state index contributed by atoms with van der Waals surface area (Å²) >= 11 is 0. The Morgan fingerprint density at radius 1 is 1.37 bits per heavy atom. The van der Waals surface area contributed by atoms with Gasteiger partial charge in [-0.05, 0) is 38.0 Å². The Morgan fingerprint density at radius 3 is 2.53 bits per heavy atom. The van der Waals surface area contributed by atoms with E-state index in [9.17, 15) is 9.50 Å². The molecule has 2 atom stereocenters. The molecular weight excluding hydrogens is 245 g/mol. The van der Waals surface area contributed by atoms with Crippen molar-refractivity contribution in [2.75, 3.05) is 25.2 Å². The summed E-state index contributed by atoms with van der Waals surface area (Å²) in [6.07, 6.45) is 0.279. The molecule has 0 spiro atoms. The molecule has 1 aromatic carbocycles. The van der Waals surface area contributed by atoms with Gasteiger partial charge < -0.3 is 14.7 Å². The number of rotatable bonds is 7. The maximum atomic E-state index is 14.2. The average molecular weight is 269 g/mol. The van der Waals surface area contributed by atoms with Gasteiger partial charge >= 0.3 is 0 Å². The Bertz CT molecular complexity index is 396. The van der Waals surface area contributed by atoms with Crippen LogP contribution in [-0.4, -0.2) is 31.4 Å². The number of hydrogen-bond acceptors (Lipinski definition) is 3. The topological polar surface area (TPSA) is 32.7 Å². The van der Waals surface area contributed by atoms with Crippen LogP contribution in [0.2, 0.25) is 0 Å². The van der Waals surface area contributed by atoms with E-state index in [1.165, 1.54) is 6.07 Å². The Hall–Kier alpha value is -1.13. The summed E-state index contributed by atoms with van der Waals surface area (Å²) in [5, 5.41) is 9.47. The highest BCUT2D eigenvalue weighted by Gasteiger charge is 2.17. The SMILES string of the molecule is CCC(C)N(CCOC)c1ccc(C(C)O)cc1F. The van der Waals surface area contributed by atoms with Gasteiger partial charge in [0, 0.05) is 19.7 Å². The lowest BCUT2D eigenvalue weighted by Gasteiger charge is -2.31. The summed E-state index contributed by atoms with van der Waals surface area (Å²) in [5.74, 6) is -0.296. The van der Waals surface area contributed by atoms with E-state index >= 15 is 0 Å². The highest BCUT2D eigenvalue weighted by atomic mass is 19.1. The first-order chi connectivity index (χ1) is 9.01. The van der Waals surface area contributed by atoms with Gasteiger partial charge in [-0.25, -0.2) is 4.39 Å². The predicted octanol–water partition coefficient (Wildman–Crippen LogP) is 3.13. The number of methoxy groups -OCH3 is 1. The molecule has 0 aliphatic rings. The second-order valence-corrected chi connectivity index (χ2v) is 4.83. The minimum atomic E-state index is -0.653. The Morgan fingerprint density at radius 2 is 2.05 bits per heavy atom. The molecule has 0 aliphatic carbocycles. The van der Waals surface area contributed by atoms with Crippen LogP contribution >= 0.6 is 0 Å². The molecule has 4 heteroatoms. The molecule has 0 amide bonds. The van der Waals surface area contributed by atoms with E-state index < -0.39 is 6.10 Å². The number of ether oxygens (including phenoxy) is 1. The van der Waals surface area contributed by atoms with Crippen molar-refractivity contribution in [1.82, 2.24) is 0 Å². The summed E-state index contributed by atoms with van der Waals surface area (Å²) in [6.45, 7) is 6.98. The Kier molecular flexibility index (Phi) is 6.25. The van der Waals surface area contributed by atoms with Gasteiger partial charge in [0.1, 0.15) is 5.82 Å². The second kappa shape index (κ2) is 7.46. The first kappa shape index (κ1) is 15.9. The highest BCUT2D eigenvalue weighted by molar-refractivity contribution is 5.50. The van der Waals surface area contributed by atoms with Crippen LogP contribution in [0.5, 0.6) is 0 Å². The molecule has 0 heterocycles. The summed E-state index contributed by atoms with van der Waals surface area (Å²) in [7, 11) is 1.64. The highest BCUT2D eigenvalue weighted by Crippen LogP contribution is 2.25. The molecule has 0 saturated carbocycles. The third kappa shape index (κ3) is 4.18. The van der Waals surface area contributed by atoms with E-state index in [-0.39, 0.29) is 11.9 Å². The quantitative estimate of drug-likeness (QED) is 0.825. The van der Waals surface area contributed by atoms with E-state index in [0.717, 1.165) is 6.42 Å². The van der Waals surface area contributed by atoms with E-state index in [0.29, 0.717) is 24.4 Å². The lowest BCUT2D eigenvalue weighted by molar-refractivity contribution is 0.198. The minimum absolute atomic E-state index is 0.238. The van der Waals surface area contributed by atoms with Gasteiger partial charge in [0.05, 0.1) is 18.4 Å². The van der Waals surface area contributed by atoms with Crippen molar-refractivity contribution in [1.29, 1.82) is 0 Å². The molecule has 19 heavy (non-hydrogen) atoms. The number of benzene rings is 1. The van der Waals surface area contributed by atoms with Gasteiger partial charge in [-0.1, -0.05) is 13.0 Å². The Balaban J connectivity index is 3.01. The van der Waals surface area contributed by atoms with Crippen molar-refractivity contribution < 1.29 is 14.2 Å². The fourth-order valence-corrected chi connectivity index (χ4v) is 2.00. The van der Waals surface area contributed by atoms with Crippen LogP contribution in [0, 0.1) is 5.82 Å². The third-order valence-corrected chi connectivity index (χ3v) is 3.42. The smallest absolute Gasteiger partial charge is 0.146 e. The van der Waals surface area contributed by atoms with Crippen LogP contribution in [0.1, 0.15) is 38.9 Å². The minimum Gasteiger partial charge on any atom is -0.389 e. The van der Waals surface area contributed by atoms with Gasteiger partial charge in [0.25, 0.3) is 0 Å². The molecule has 0 bridgehead atoms. The average Bonchev–Trinajstić information content (AvgIpc) is 2.39. The van der Waals surface area contributed by atoms with E-state index in [1.807, 2.05) is 4.90 Å². The van der Waals surface area contributed by atoms with Crippen molar-refractivity contribution in [2.24, 2.45) is 0 Å². The van der Waals surface area contributed by atoms with Crippen molar-refractivity contribution in [2.45, 2.75) is 39.3 Å². The summed E-state index contributed by atoms with van der Waals surface area (Å²) in [4.78, 5) is 2.00. The van der Waals surface area contributed by atoms with Gasteiger partial charge in [-0.15, -0.1) is 0 Å². The zero-order chi connectivity index (χ0) is 14.4. The molecule has 0 saturated heterocycles. The fourth-order valence-electron chi connectivity index (χ4n) is 2.00. The van der Waals surface area contributed by atoms with Crippen molar-refractivity contribution in [3.8, 4) is 0 Å². The summed E-state index contributed by atoms with van der Waals surface area (Å²) in [6, 6.07) is 5.15. The molecular formula is C15H24FNO2. The monoisotopic (exact) mass is 269 g/mol. The molecule has 1 N–H and O–H groups in total. The van der Waals surface area contributed by atoms with Crippen LogP contribution < -0.4 is 4.90 Å². The molecule has 0 aromatic heterocycles. The summed E-state index contributed by atoms with van der Waals surface area (Å²) < 4.78 is 19.3. The molecule has 0 fully saturated rings. The van der Waals surface area contributed by atoms with Crippen LogP contribution in [0.25, 0.3) is 0 Å². The van der Waals surface area contributed by atoms with E-state index in [1.54, 1.807) is 26.2 Å². The number of nitrogens with zero attached hydrogens (tertiary/aromatic N) is 1. The third-order valence-electron chi connectivity index (χ3n) is 3.42. The van der Waals surface area contributed by atoms with Crippen LogP contribution in [-0.2, 0) is 4.74 Å². The molecule has 108 valence electrons. The lowest BCUT2D eigenvalue weighted by atomic mass is 10.1. The van der Waals surface area contributed by atoms with Crippen LogP contribution in [0.15, 0.2) is 18.2 Å². The number of hydrogen-bond donors (Lipinski definition) is 1. The van der Waals surface area contributed by atoms with Crippen molar-refractivity contribution >= 4 is 5.69 Å². The lowest BCUT2D eigenvalue weighted by Crippen LogP contribution is -2.36. The zero-order valence-electron chi connectivity index (χ0n) is 12.2. The first-order valence-electron chi connectivity index (χ1n) is 6.74. The largest absolute Gasteiger partial charge is 0.389 e. The van der Waals surface area contributed by atoms with Gasteiger partial charge in [-0.3, -0.25) is 0 Å². The van der Waals surface area contributed by atoms with E-state index in [4.69, 9.17) is 4.74 Å². The van der Waals surface area contributed by atoms with Crippen molar-refractivity contribution in [3.05, 3.63) is 29.6 Å². The second-order valence-electron chi connectivity index (χ2n) is 4.83. The maximum absolute atomic E-state index is 14.2. The first-order valence-corrected chi connectivity index (χ1v) is 6.74. The van der Waals surface area contributed by atoms with E-state index in [2.05, 4.69) is 13.8 Å². The molecule has 0 radical (unpaired) electrons. The number of aliphatic hydroxyl groups is 1. The Labute approximate surface area is 115 Å². The number of anilines is 1.